The van der Waals surface area contributed by atoms with Gasteiger partial charge in [-0.05, 0) is 36.3 Å². The standard InChI is InChI=1S/C12H20ClNOSi/c1-12(2,3)16(4,5)15-11-7-6-9(13)8-10(11)14/h6-8H,14H2,1-5H3. The van der Waals surface area contributed by atoms with Gasteiger partial charge in [0.05, 0.1) is 5.69 Å². The minimum atomic E-state index is -1.82. The van der Waals surface area contributed by atoms with Gasteiger partial charge in [0.1, 0.15) is 5.75 Å². The number of hydrogen-bond acceptors (Lipinski definition) is 2. The van der Waals surface area contributed by atoms with Crippen molar-refractivity contribution in [2.45, 2.75) is 38.9 Å². The molecule has 1 aromatic carbocycles. The lowest BCUT2D eigenvalue weighted by molar-refractivity contribution is 0.494. The number of anilines is 1. The number of nitrogen functional groups attached to an aromatic ring is 1. The van der Waals surface area contributed by atoms with Crippen molar-refractivity contribution in [3.63, 3.8) is 0 Å². The van der Waals surface area contributed by atoms with Crippen molar-refractivity contribution in [2.75, 3.05) is 5.73 Å². The number of nitrogens with two attached hydrogens (primary N) is 1. The van der Waals surface area contributed by atoms with Gasteiger partial charge in [0.25, 0.3) is 8.32 Å². The van der Waals surface area contributed by atoms with Gasteiger partial charge in [-0.3, -0.25) is 0 Å². The molecule has 0 spiro atoms. The Morgan fingerprint density at radius 1 is 1.25 bits per heavy atom. The molecule has 90 valence electrons. The van der Waals surface area contributed by atoms with E-state index in [4.69, 9.17) is 21.8 Å². The second-order valence-electron chi connectivity index (χ2n) is 5.54. The average molecular weight is 258 g/mol. The molecule has 0 fully saturated rings. The summed E-state index contributed by atoms with van der Waals surface area (Å²) in [5.41, 5.74) is 6.49. The van der Waals surface area contributed by atoms with Gasteiger partial charge >= 0.3 is 0 Å². The van der Waals surface area contributed by atoms with Gasteiger partial charge in [-0.15, -0.1) is 0 Å². The molecule has 0 aliphatic rings. The molecule has 0 radical (unpaired) electrons. The number of benzene rings is 1. The fourth-order valence-electron chi connectivity index (χ4n) is 1.04. The van der Waals surface area contributed by atoms with Crippen molar-refractivity contribution >= 4 is 25.6 Å². The van der Waals surface area contributed by atoms with Crippen LogP contribution in [0.15, 0.2) is 18.2 Å². The summed E-state index contributed by atoms with van der Waals surface area (Å²) in [7, 11) is -1.82. The number of halogens is 1. The van der Waals surface area contributed by atoms with Crippen molar-refractivity contribution in [1.82, 2.24) is 0 Å². The summed E-state index contributed by atoms with van der Waals surface area (Å²) in [4.78, 5) is 0. The topological polar surface area (TPSA) is 35.2 Å². The van der Waals surface area contributed by atoms with Crippen LogP contribution in [0.1, 0.15) is 20.8 Å². The van der Waals surface area contributed by atoms with Gasteiger partial charge in [0.15, 0.2) is 0 Å². The van der Waals surface area contributed by atoms with E-state index < -0.39 is 8.32 Å². The molecule has 0 atom stereocenters. The lowest BCUT2D eigenvalue weighted by Crippen LogP contribution is -2.44. The average Bonchev–Trinajstić information content (AvgIpc) is 2.08. The molecule has 1 aromatic rings. The molecule has 0 bridgehead atoms. The first-order chi connectivity index (χ1) is 7.13. The van der Waals surface area contributed by atoms with Crippen LogP contribution in [0.25, 0.3) is 0 Å². The quantitative estimate of drug-likeness (QED) is 0.633. The van der Waals surface area contributed by atoms with E-state index in [0.29, 0.717) is 10.7 Å². The summed E-state index contributed by atoms with van der Waals surface area (Å²) in [6, 6.07) is 5.38. The van der Waals surface area contributed by atoms with Crippen LogP contribution in [0.3, 0.4) is 0 Å². The molecule has 4 heteroatoms. The Morgan fingerprint density at radius 2 is 1.81 bits per heavy atom. The first-order valence-electron chi connectivity index (χ1n) is 5.37. The maximum absolute atomic E-state index is 6.11. The van der Waals surface area contributed by atoms with Crippen LogP contribution in [0.2, 0.25) is 23.2 Å². The maximum Gasteiger partial charge on any atom is 0.250 e. The molecular weight excluding hydrogens is 238 g/mol. The van der Waals surface area contributed by atoms with Gasteiger partial charge in [-0.25, -0.2) is 0 Å². The lowest BCUT2D eigenvalue weighted by Gasteiger charge is -2.36. The van der Waals surface area contributed by atoms with E-state index in [1.54, 1.807) is 12.1 Å². The van der Waals surface area contributed by atoms with Crippen molar-refractivity contribution < 1.29 is 4.43 Å². The molecule has 2 N–H and O–H groups in total. The van der Waals surface area contributed by atoms with Gasteiger partial charge in [0, 0.05) is 5.02 Å². The Kier molecular flexibility index (Phi) is 3.60. The monoisotopic (exact) mass is 257 g/mol. The van der Waals surface area contributed by atoms with Crippen LogP contribution in [0.5, 0.6) is 5.75 Å². The highest BCUT2D eigenvalue weighted by atomic mass is 35.5. The van der Waals surface area contributed by atoms with Gasteiger partial charge in [-0.2, -0.15) is 0 Å². The number of hydrogen-bond donors (Lipinski definition) is 1. The summed E-state index contributed by atoms with van der Waals surface area (Å²) >= 11 is 5.85. The van der Waals surface area contributed by atoms with E-state index in [9.17, 15) is 0 Å². The highest BCUT2D eigenvalue weighted by Gasteiger charge is 2.39. The predicted molar refractivity (Wildman–Crippen MR) is 73.7 cm³/mol. The Hall–Kier alpha value is -0.673. The van der Waals surface area contributed by atoms with E-state index in [1.165, 1.54) is 0 Å². The third kappa shape index (κ3) is 2.92. The summed E-state index contributed by atoms with van der Waals surface area (Å²) in [6.45, 7) is 11.0. The normalized spacial score (nSPS) is 12.6. The van der Waals surface area contributed by atoms with E-state index in [1.807, 2.05) is 6.07 Å². The summed E-state index contributed by atoms with van der Waals surface area (Å²) in [6.07, 6.45) is 0. The summed E-state index contributed by atoms with van der Waals surface area (Å²) < 4.78 is 6.11. The largest absolute Gasteiger partial charge is 0.542 e. The van der Waals surface area contributed by atoms with E-state index in [-0.39, 0.29) is 5.04 Å². The first kappa shape index (κ1) is 13.4. The van der Waals surface area contributed by atoms with Crippen LogP contribution < -0.4 is 10.2 Å². The highest BCUT2D eigenvalue weighted by molar-refractivity contribution is 6.74. The molecule has 2 nitrogen and oxygen atoms in total. The minimum Gasteiger partial charge on any atom is -0.542 e. The Labute approximate surface area is 104 Å². The smallest absolute Gasteiger partial charge is 0.250 e. The first-order valence-corrected chi connectivity index (χ1v) is 8.66. The SMILES string of the molecule is CC(C)(C)[Si](C)(C)Oc1ccc(Cl)cc1N. The molecule has 0 saturated carbocycles. The van der Waals surface area contributed by atoms with Crippen LogP contribution in [0.4, 0.5) is 5.69 Å². The van der Waals surface area contributed by atoms with Gasteiger partial charge in [0.2, 0.25) is 0 Å². The van der Waals surface area contributed by atoms with E-state index in [2.05, 4.69) is 33.9 Å². The molecule has 0 unspecified atom stereocenters. The number of rotatable bonds is 2. The van der Waals surface area contributed by atoms with Gasteiger partial charge < -0.3 is 10.2 Å². The lowest BCUT2D eigenvalue weighted by atomic mass is 10.2. The molecule has 0 aliphatic heterocycles. The molecule has 0 heterocycles. The zero-order valence-electron chi connectivity index (χ0n) is 10.6. The fraction of sp³-hybridized carbons (Fsp3) is 0.500. The second-order valence-corrected chi connectivity index (χ2v) is 10.7. The maximum atomic E-state index is 6.11. The van der Waals surface area contributed by atoms with Crippen LogP contribution >= 0.6 is 11.6 Å². The predicted octanol–water partition coefficient (Wildman–Crippen LogP) is 4.31. The minimum absolute atomic E-state index is 0.166. The summed E-state index contributed by atoms with van der Waals surface area (Å²) in [5.74, 6) is 0.746. The fourth-order valence-corrected chi connectivity index (χ4v) is 2.26. The van der Waals surface area contributed by atoms with Crippen molar-refractivity contribution in [1.29, 1.82) is 0 Å². The second kappa shape index (κ2) is 4.30. The Balaban J connectivity index is 2.97. The van der Waals surface area contributed by atoms with Crippen LogP contribution in [-0.2, 0) is 0 Å². The van der Waals surface area contributed by atoms with E-state index in [0.717, 1.165) is 5.75 Å². The van der Waals surface area contributed by atoms with Crippen molar-refractivity contribution in [3.05, 3.63) is 23.2 Å². The summed E-state index contributed by atoms with van der Waals surface area (Å²) in [5, 5.41) is 0.805. The molecule has 1 rings (SSSR count). The molecular formula is C12H20ClNOSi. The zero-order valence-corrected chi connectivity index (χ0v) is 12.4. The third-order valence-corrected chi connectivity index (χ3v) is 7.72. The molecule has 0 amide bonds. The van der Waals surface area contributed by atoms with Gasteiger partial charge in [-0.1, -0.05) is 32.4 Å². The van der Waals surface area contributed by atoms with E-state index >= 15 is 0 Å². The zero-order chi connectivity index (χ0) is 12.6. The van der Waals surface area contributed by atoms with Crippen LogP contribution in [0, 0.1) is 0 Å². The van der Waals surface area contributed by atoms with Crippen molar-refractivity contribution in [2.24, 2.45) is 0 Å². The third-order valence-electron chi connectivity index (χ3n) is 3.14. The molecule has 16 heavy (non-hydrogen) atoms. The molecule has 0 saturated heterocycles. The van der Waals surface area contributed by atoms with Crippen LogP contribution in [-0.4, -0.2) is 8.32 Å². The molecule has 0 aliphatic carbocycles. The Morgan fingerprint density at radius 3 is 2.25 bits per heavy atom. The highest BCUT2D eigenvalue weighted by Crippen LogP contribution is 2.39. The Bertz CT molecular complexity index is 385. The molecule has 0 aromatic heterocycles. The van der Waals surface area contributed by atoms with Crippen molar-refractivity contribution in [3.8, 4) is 5.75 Å².